The van der Waals surface area contributed by atoms with Crippen LogP contribution in [0.5, 0.6) is 0 Å². The minimum absolute atomic E-state index is 0.305. The van der Waals surface area contributed by atoms with Crippen molar-refractivity contribution in [2.45, 2.75) is 57.4 Å². The average molecular weight is 620 g/mol. The lowest BCUT2D eigenvalue weighted by Gasteiger charge is -2.08. The summed E-state index contributed by atoms with van der Waals surface area (Å²) < 4.78 is 4.03. The molecule has 0 bridgehead atoms. The van der Waals surface area contributed by atoms with E-state index in [9.17, 15) is 4.79 Å². The Balaban J connectivity index is 3.11. The Bertz CT molecular complexity index is 255. The van der Waals surface area contributed by atoms with Gasteiger partial charge in [0, 0.05) is 6.08 Å². The highest BCUT2D eigenvalue weighted by Gasteiger charge is 2.19. The average Bonchev–Trinajstić information content (AvgIpc) is 2.34. The summed E-state index contributed by atoms with van der Waals surface area (Å²) in [4.78, 5) is 10.8. The Morgan fingerprint density at radius 2 is 1.42 bits per heavy atom. The molecule has 0 fully saturated rings. The summed E-state index contributed by atoms with van der Waals surface area (Å²) in [5, 5.41) is 0. The monoisotopic (exact) mass is 620 g/mol. The van der Waals surface area contributed by atoms with Crippen molar-refractivity contribution >= 4 is 71.9 Å². The maximum atomic E-state index is 10.8. The molecule has 0 aromatic rings. The fourth-order valence-electron chi connectivity index (χ4n) is 1.72. The third-order valence-corrected chi connectivity index (χ3v) is 8.54. The first-order valence-corrected chi connectivity index (χ1v) is 18.4. The molecule has 0 spiro atoms. The largest absolute Gasteiger partial charge is 0.463 e. The van der Waals surface area contributed by atoms with Gasteiger partial charge in [0.25, 0.3) is 0.564 Å². The summed E-state index contributed by atoms with van der Waals surface area (Å²) in [5.41, 5.74) is 0. The Morgan fingerprint density at radius 1 is 0.947 bits per heavy atom. The fraction of sp³-hybridized carbons (Fsp3) is 0.769. The van der Waals surface area contributed by atoms with E-state index in [0.29, 0.717) is 6.61 Å². The SMILES string of the molecule is C=CC(=O)OCCCCCCCCCC[Si](I)(I)I. The second-order valence-corrected chi connectivity index (χ2v) is 41.4. The van der Waals surface area contributed by atoms with Crippen molar-refractivity contribution in [2.75, 3.05) is 6.61 Å². The van der Waals surface area contributed by atoms with Gasteiger partial charge >= 0.3 is 5.97 Å². The number of esters is 1. The zero-order valence-electron chi connectivity index (χ0n) is 11.3. The van der Waals surface area contributed by atoms with E-state index < -0.39 is 0.564 Å². The molecule has 0 N–H and O–H groups in total. The van der Waals surface area contributed by atoms with E-state index in [0.717, 1.165) is 12.8 Å². The molecule has 6 heteroatoms. The zero-order chi connectivity index (χ0) is 14.6. The maximum absolute atomic E-state index is 10.8. The van der Waals surface area contributed by atoms with Crippen LogP contribution in [0, 0.1) is 0 Å². The van der Waals surface area contributed by atoms with Crippen molar-refractivity contribution in [3.63, 3.8) is 0 Å². The summed E-state index contributed by atoms with van der Waals surface area (Å²) in [7, 11) is 0. The molecule has 112 valence electrons. The van der Waals surface area contributed by atoms with E-state index in [-0.39, 0.29) is 5.97 Å². The predicted molar refractivity (Wildman–Crippen MR) is 111 cm³/mol. The van der Waals surface area contributed by atoms with Gasteiger partial charge in [-0.15, -0.1) is 0 Å². The van der Waals surface area contributed by atoms with Crippen LogP contribution in [0.1, 0.15) is 51.4 Å². The first kappa shape index (κ1) is 20.6. The van der Waals surface area contributed by atoms with Gasteiger partial charge < -0.3 is 4.74 Å². The lowest BCUT2D eigenvalue weighted by atomic mass is 10.1. The Morgan fingerprint density at radius 3 is 1.89 bits per heavy atom. The third-order valence-electron chi connectivity index (χ3n) is 2.77. The summed E-state index contributed by atoms with van der Waals surface area (Å²) in [6, 6.07) is 1.43. The van der Waals surface area contributed by atoms with Crippen LogP contribution in [0.4, 0.5) is 0 Å². The van der Waals surface area contributed by atoms with Gasteiger partial charge in [0.05, 0.1) is 6.61 Å². The van der Waals surface area contributed by atoms with Crippen molar-refractivity contribution < 1.29 is 9.53 Å². The highest BCUT2D eigenvalue weighted by atomic mass is 127. The normalized spacial score (nSPS) is 11.3. The van der Waals surface area contributed by atoms with Crippen LogP contribution in [-0.4, -0.2) is 13.1 Å². The van der Waals surface area contributed by atoms with Crippen LogP contribution >= 0.6 is 65.4 Å². The summed E-state index contributed by atoms with van der Waals surface area (Å²) >= 11 is 7.92. The number of carbonyl (C=O) groups excluding carboxylic acids is 1. The van der Waals surface area contributed by atoms with Crippen LogP contribution < -0.4 is 0 Å². The van der Waals surface area contributed by atoms with Gasteiger partial charge in [0.1, 0.15) is 0 Å². The molecule has 0 rings (SSSR count). The summed E-state index contributed by atoms with van der Waals surface area (Å²) in [5.74, 6) is -0.305. The molecule has 0 heterocycles. The number of unbranched alkanes of at least 4 members (excludes halogenated alkanes) is 7. The molecular formula is C13H23I3O2Si. The molecule has 2 nitrogen and oxygen atoms in total. The van der Waals surface area contributed by atoms with Gasteiger partial charge in [-0.1, -0.05) is 117 Å². The highest BCUT2D eigenvalue weighted by molar-refractivity contribution is 14.4. The number of halogens is 3. The third kappa shape index (κ3) is 17.6. The van der Waals surface area contributed by atoms with E-state index in [1.807, 2.05) is 0 Å². The van der Waals surface area contributed by atoms with Crippen LogP contribution in [0.3, 0.4) is 0 Å². The van der Waals surface area contributed by atoms with Gasteiger partial charge in [-0.3, -0.25) is 0 Å². The topological polar surface area (TPSA) is 26.3 Å². The van der Waals surface area contributed by atoms with E-state index in [1.54, 1.807) is 0 Å². The molecule has 0 aromatic carbocycles. The Hall–Kier alpha value is 1.62. The van der Waals surface area contributed by atoms with Crippen LogP contribution in [0.2, 0.25) is 6.04 Å². The van der Waals surface area contributed by atoms with E-state index in [4.69, 9.17) is 4.74 Å². The molecule has 0 unspecified atom stereocenters. The summed E-state index contributed by atoms with van der Waals surface area (Å²) in [6.07, 6.45) is 11.5. The van der Waals surface area contributed by atoms with E-state index in [1.165, 1.54) is 50.6 Å². The van der Waals surface area contributed by atoms with Crippen molar-refractivity contribution in [3.8, 4) is 0 Å². The first-order chi connectivity index (χ1) is 8.95. The number of ether oxygens (including phenoxy) is 1. The second kappa shape index (κ2) is 13.3. The van der Waals surface area contributed by atoms with E-state index >= 15 is 0 Å². The fourth-order valence-corrected chi connectivity index (χ4v) is 5.80. The second-order valence-electron chi connectivity index (χ2n) is 4.57. The number of rotatable bonds is 12. The van der Waals surface area contributed by atoms with Crippen molar-refractivity contribution in [1.29, 1.82) is 0 Å². The zero-order valence-corrected chi connectivity index (χ0v) is 18.8. The molecule has 19 heavy (non-hydrogen) atoms. The smallest absolute Gasteiger partial charge is 0.330 e. The van der Waals surface area contributed by atoms with Crippen LogP contribution in [0.15, 0.2) is 12.7 Å². The van der Waals surface area contributed by atoms with Gasteiger partial charge in [-0.25, -0.2) is 4.79 Å². The number of hydrogen-bond acceptors (Lipinski definition) is 2. The first-order valence-electron chi connectivity index (χ1n) is 6.81. The lowest BCUT2D eigenvalue weighted by molar-refractivity contribution is -0.137. The molecule has 0 saturated carbocycles. The standard InChI is InChI=1S/C13H23I3O2Si/c1-2-13(17)18-11-9-7-5-3-4-6-8-10-12-19(14,15)16/h2H,1,3-12H2. The lowest BCUT2D eigenvalue weighted by Crippen LogP contribution is -2.03. The molecular weight excluding hydrogens is 597 g/mol. The van der Waals surface area contributed by atoms with Gasteiger partial charge in [0.2, 0.25) is 0 Å². The molecule has 0 saturated heterocycles. The van der Waals surface area contributed by atoms with Gasteiger partial charge in [0.15, 0.2) is 0 Å². The Labute approximate surface area is 156 Å². The van der Waals surface area contributed by atoms with Crippen molar-refractivity contribution in [3.05, 3.63) is 12.7 Å². The number of hydrogen-bond donors (Lipinski definition) is 0. The maximum Gasteiger partial charge on any atom is 0.330 e. The van der Waals surface area contributed by atoms with Gasteiger partial charge in [-0.05, 0) is 12.5 Å². The van der Waals surface area contributed by atoms with E-state index in [2.05, 4.69) is 72.0 Å². The van der Waals surface area contributed by atoms with Crippen molar-refractivity contribution in [1.82, 2.24) is 0 Å². The number of carbonyl (C=O) groups is 1. The van der Waals surface area contributed by atoms with Gasteiger partial charge in [-0.2, -0.15) is 0 Å². The molecule has 0 aliphatic rings. The summed E-state index contributed by atoms with van der Waals surface area (Å²) in [6.45, 7) is 3.91. The van der Waals surface area contributed by atoms with Crippen molar-refractivity contribution in [2.24, 2.45) is 0 Å². The highest BCUT2D eigenvalue weighted by Crippen LogP contribution is 2.35. The minimum atomic E-state index is -0.899. The molecule has 0 radical (unpaired) electrons. The predicted octanol–water partition coefficient (Wildman–Crippen LogP) is 6.08. The quantitative estimate of drug-likeness (QED) is 0.0661. The van der Waals surface area contributed by atoms with Crippen LogP contribution in [-0.2, 0) is 9.53 Å². The molecule has 0 aliphatic heterocycles. The molecule has 0 aromatic heterocycles. The Kier molecular flexibility index (Phi) is 14.4. The molecule has 0 aliphatic carbocycles. The molecule has 0 atom stereocenters. The molecule has 0 amide bonds. The van der Waals surface area contributed by atoms with Crippen LogP contribution in [0.25, 0.3) is 0 Å². The minimum Gasteiger partial charge on any atom is -0.463 e.